The third-order valence-electron chi connectivity index (χ3n) is 2.26. The normalized spacial score (nSPS) is 13.0. The topological polar surface area (TPSA) is 118 Å². The number of aliphatic hydroxyl groups excluding tert-OH is 1. The van der Waals surface area contributed by atoms with Crippen molar-refractivity contribution in [3.8, 4) is 0 Å². The Hall–Kier alpha value is -2.20. The van der Waals surface area contributed by atoms with Gasteiger partial charge in [0.25, 0.3) is 0 Å². The van der Waals surface area contributed by atoms with Crippen molar-refractivity contribution in [1.82, 2.24) is 0 Å². The molecule has 0 amide bonds. The predicted molar refractivity (Wildman–Crippen MR) is 63.1 cm³/mol. The molecule has 0 aliphatic heterocycles. The number of aliphatic hydroxyl groups is 1. The van der Waals surface area contributed by atoms with E-state index in [2.05, 4.69) is 20.1 Å². The highest BCUT2D eigenvalue weighted by Crippen LogP contribution is 2.10. The molecule has 0 bridgehead atoms. The van der Waals surface area contributed by atoms with Crippen LogP contribution in [0.15, 0.2) is 40.6 Å². The molecule has 0 aliphatic rings. The lowest BCUT2D eigenvalue weighted by Gasteiger charge is -2.16. The molecule has 1 aromatic rings. The van der Waals surface area contributed by atoms with Crippen LogP contribution < -0.4 is 0 Å². The summed E-state index contributed by atoms with van der Waals surface area (Å²) in [7, 11) is 0. The molecule has 2 unspecified atom stereocenters. The van der Waals surface area contributed by atoms with Gasteiger partial charge in [-0.3, -0.25) is 0 Å². The number of nitrogens with zero attached hydrogens (tertiary/aromatic N) is 6. The van der Waals surface area contributed by atoms with Crippen molar-refractivity contribution in [2.75, 3.05) is 6.54 Å². The molecule has 0 aliphatic carbocycles. The molecule has 0 saturated heterocycles. The first kappa shape index (κ1) is 12.9. The van der Waals surface area contributed by atoms with Crippen LogP contribution in [0.3, 0.4) is 0 Å². The van der Waals surface area contributed by atoms with Crippen molar-refractivity contribution in [2.45, 2.75) is 18.6 Å². The fourth-order valence-corrected chi connectivity index (χ4v) is 1.42. The minimum Gasteiger partial charge on any atom is -0.393 e. The second-order valence-corrected chi connectivity index (χ2v) is 3.44. The van der Waals surface area contributed by atoms with Gasteiger partial charge < -0.3 is 5.11 Å². The lowest BCUT2D eigenvalue weighted by Crippen LogP contribution is -2.28. The van der Waals surface area contributed by atoms with Gasteiger partial charge in [0.05, 0.1) is 18.7 Å². The van der Waals surface area contributed by atoms with Crippen molar-refractivity contribution >= 4 is 0 Å². The lowest BCUT2D eigenvalue weighted by molar-refractivity contribution is 0.152. The molecule has 0 saturated carbocycles. The van der Waals surface area contributed by atoms with Crippen LogP contribution in [0.2, 0.25) is 0 Å². The van der Waals surface area contributed by atoms with E-state index in [0.717, 1.165) is 5.56 Å². The zero-order valence-corrected chi connectivity index (χ0v) is 9.09. The molecule has 1 aromatic carbocycles. The number of hydrogen-bond acceptors (Lipinski definition) is 3. The average molecular weight is 232 g/mol. The van der Waals surface area contributed by atoms with Gasteiger partial charge in [0, 0.05) is 9.82 Å². The standard InChI is InChI=1S/C10H12N6O/c11-15-13-7-10(17)9(14-16-12)6-8-4-2-1-3-5-8/h1-5,9-10,17H,6-7H2. The highest BCUT2D eigenvalue weighted by atomic mass is 16.3. The van der Waals surface area contributed by atoms with Crippen LogP contribution in [0.1, 0.15) is 5.56 Å². The van der Waals surface area contributed by atoms with Gasteiger partial charge >= 0.3 is 0 Å². The first-order valence-electron chi connectivity index (χ1n) is 5.05. The van der Waals surface area contributed by atoms with Crippen LogP contribution in [-0.4, -0.2) is 23.8 Å². The molecule has 7 nitrogen and oxygen atoms in total. The van der Waals surface area contributed by atoms with E-state index in [9.17, 15) is 5.11 Å². The Balaban J connectivity index is 2.72. The minimum absolute atomic E-state index is 0.104. The van der Waals surface area contributed by atoms with E-state index in [0.29, 0.717) is 6.42 Å². The van der Waals surface area contributed by atoms with Crippen LogP contribution >= 0.6 is 0 Å². The first-order valence-corrected chi connectivity index (χ1v) is 5.05. The molecule has 88 valence electrons. The summed E-state index contributed by atoms with van der Waals surface area (Å²) in [5.74, 6) is 0. The molecule has 2 atom stereocenters. The van der Waals surface area contributed by atoms with Gasteiger partial charge in [0.15, 0.2) is 0 Å². The number of benzene rings is 1. The van der Waals surface area contributed by atoms with Crippen molar-refractivity contribution < 1.29 is 5.11 Å². The Kier molecular flexibility index (Phi) is 5.40. The van der Waals surface area contributed by atoms with Crippen LogP contribution in [0, 0.1) is 0 Å². The molecular weight excluding hydrogens is 220 g/mol. The van der Waals surface area contributed by atoms with Gasteiger partial charge in [0.2, 0.25) is 0 Å². The number of azide groups is 2. The monoisotopic (exact) mass is 232 g/mol. The zero-order chi connectivity index (χ0) is 12.5. The number of hydrogen-bond donors (Lipinski definition) is 1. The third kappa shape index (κ3) is 4.44. The van der Waals surface area contributed by atoms with Crippen LogP contribution in [-0.2, 0) is 6.42 Å². The van der Waals surface area contributed by atoms with Gasteiger partial charge in [0.1, 0.15) is 0 Å². The summed E-state index contributed by atoms with van der Waals surface area (Å²) in [6.45, 7) is -0.104. The largest absolute Gasteiger partial charge is 0.393 e. The van der Waals surface area contributed by atoms with Gasteiger partial charge in [-0.15, -0.1) is 0 Å². The summed E-state index contributed by atoms with van der Waals surface area (Å²) in [5.41, 5.74) is 17.5. The molecule has 1 rings (SSSR count). The summed E-state index contributed by atoms with van der Waals surface area (Å²) in [6, 6.07) is 8.72. The smallest absolute Gasteiger partial charge is 0.0684 e. The molecule has 7 heteroatoms. The van der Waals surface area contributed by atoms with Crippen molar-refractivity contribution in [2.24, 2.45) is 10.2 Å². The Labute approximate surface area is 98.0 Å². The second kappa shape index (κ2) is 7.14. The van der Waals surface area contributed by atoms with Gasteiger partial charge in [-0.2, -0.15) is 0 Å². The lowest BCUT2D eigenvalue weighted by atomic mass is 10.0. The molecule has 1 N–H and O–H groups in total. The molecule has 0 heterocycles. The molecule has 0 spiro atoms. The molecule has 0 fully saturated rings. The minimum atomic E-state index is -0.970. The van der Waals surface area contributed by atoms with E-state index in [1.54, 1.807) is 0 Å². The van der Waals surface area contributed by atoms with Crippen LogP contribution in [0.5, 0.6) is 0 Å². The maximum Gasteiger partial charge on any atom is 0.0684 e. The highest BCUT2D eigenvalue weighted by Gasteiger charge is 2.17. The predicted octanol–water partition coefficient (Wildman–Crippen LogP) is 2.58. The zero-order valence-electron chi connectivity index (χ0n) is 9.09. The SMILES string of the molecule is [N-]=[N+]=NCC(O)C(Cc1ccccc1)N=[N+]=[N-]. The third-order valence-corrected chi connectivity index (χ3v) is 2.26. The van der Waals surface area contributed by atoms with Crippen LogP contribution in [0.4, 0.5) is 0 Å². The molecule has 0 radical (unpaired) electrons. The van der Waals surface area contributed by atoms with E-state index in [4.69, 9.17) is 11.1 Å². The quantitative estimate of drug-likeness (QED) is 0.452. The molecule has 0 aromatic heterocycles. The van der Waals surface area contributed by atoms with E-state index in [-0.39, 0.29) is 6.54 Å². The molecular formula is C10H12N6O. The first-order chi connectivity index (χ1) is 8.27. The maximum atomic E-state index is 9.70. The van der Waals surface area contributed by atoms with E-state index in [1.165, 1.54) is 0 Å². The summed E-state index contributed by atoms with van der Waals surface area (Å²) < 4.78 is 0. The molecule has 17 heavy (non-hydrogen) atoms. The van der Waals surface area contributed by atoms with Crippen molar-refractivity contribution in [1.29, 1.82) is 0 Å². The fraction of sp³-hybridized carbons (Fsp3) is 0.400. The van der Waals surface area contributed by atoms with E-state index >= 15 is 0 Å². The second-order valence-electron chi connectivity index (χ2n) is 3.44. The Morgan fingerprint density at radius 3 is 2.47 bits per heavy atom. The fourth-order valence-electron chi connectivity index (χ4n) is 1.42. The van der Waals surface area contributed by atoms with Gasteiger partial charge in [-0.1, -0.05) is 40.6 Å². The van der Waals surface area contributed by atoms with Crippen LogP contribution in [0.25, 0.3) is 20.9 Å². The number of rotatable bonds is 6. The van der Waals surface area contributed by atoms with E-state index < -0.39 is 12.1 Å². The summed E-state index contributed by atoms with van der Waals surface area (Å²) >= 11 is 0. The Morgan fingerprint density at radius 1 is 1.18 bits per heavy atom. The Bertz CT molecular complexity index is 435. The van der Waals surface area contributed by atoms with E-state index in [1.807, 2.05) is 30.3 Å². The van der Waals surface area contributed by atoms with Crippen molar-refractivity contribution in [3.05, 3.63) is 56.8 Å². The summed E-state index contributed by atoms with van der Waals surface area (Å²) in [6.07, 6.45) is -0.561. The van der Waals surface area contributed by atoms with Gasteiger partial charge in [-0.25, -0.2) is 0 Å². The Morgan fingerprint density at radius 2 is 1.88 bits per heavy atom. The highest BCUT2D eigenvalue weighted by molar-refractivity contribution is 5.16. The maximum absolute atomic E-state index is 9.70. The summed E-state index contributed by atoms with van der Waals surface area (Å²) in [5, 5.41) is 16.5. The van der Waals surface area contributed by atoms with Gasteiger partial charge in [-0.05, 0) is 23.0 Å². The summed E-state index contributed by atoms with van der Waals surface area (Å²) in [4.78, 5) is 5.25. The van der Waals surface area contributed by atoms with Crippen molar-refractivity contribution in [3.63, 3.8) is 0 Å². The average Bonchev–Trinajstić information content (AvgIpc) is 2.36.